The molecule has 1 saturated heterocycles. The molecule has 0 bridgehead atoms. The fraction of sp³-hybridized carbons (Fsp3) is 0.351. The van der Waals surface area contributed by atoms with Crippen molar-refractivity contribution in [2.75, 3.05) is 23.7 Å². The van der Waals surface area contributed by atoms with Crippen molar-refractivity contribution in [3.05, 3.63) is 87.5 Å². The number of aliphatic hydroxyl groups is 1. The molecule has 282 valence electrons. The molecule has 2 aromatic carbocycles. The second kappa shape index (κ2) is 15.1. The lowest BCUT2D eigenvalue weighted by molar-refractivity contribution is -0.143. The van der Waals surface area contributed by atoms with Crippen molar-refractivity contribution in [1.82, 2.24) is 34.9 Å². The third-order valence-corrected chi connectivity index (χ3v) is 10.4. The lowest BCUT2D eigenvalue weighted by Crippen LogP contribution is -2.49. The van der Waals surface area contributed by atoms with E-state index in [1.165, 1.54) is 0 Å². The van der Waals surface area contributed by atoms with Gasteiger partial charge in [0.25, 0.3) is 12.3 Å². The zero-order valence-corrected chi connectivity index (χ0v) is 30.8. The quantitative estimate of drug-likeness (QED) is 0.0937. The van der Waals surface area contributed by atoms with Gasteiger partial charge in [-0.25, -0.2) is 18.7 Å². The van der Waals surface area contributed by atoms with Crippen LogP contribution in [0.5, 0.6) is 0 Å². The Morgan fingerprint density at radius 1 is 1.02 bits per heavy atom. The Morgan fingerprint density at radius 2 is 1.74 bits per heavy atom. The van der Waals surface area contributed by atoms with Crippen LogP contribution in [-0.4, -0.2) is 76.5 Å². The number of nitrogens with zero attached hydrogens (tertiary/aromatic N) is 6. The maximum absolute atomic E-state index is 14.0. The van der Waals surface area contributed by atoms with Crippen molar-refractivity contribution in [3.8, 4) is 11.1 Å². The van der Waals surface area contributed by atoms with Gasteiger partial charge in [-0.15, -0.1) is 0 Å². The van der Waals surface area contributed by atoms with E-state index in [1.807, 2.05) is 0 Å². The minimum absolute atomic E-state index is 0.0383. The summed E-state index contributed by atoms with van der Waals surface area (Å²) in [5, 5.41) is 33.5. The van der Waals surface area contributed by atoms with Gasteiger partial charge in [0.15, 0.2) is 17.3 Å². The van der Waals surface area contributed by atoms with Gasteiger partial charge in [-0.2, -0.15) is 5.10 Å². The number of aliphatic carboxylic acids is 1. The molecule has 1 fully saturated rings. The topological polar surface area (TPSA) is 170 Å². The number of fused-ring (bicyclic) bond motifs is 2. The molecule has 0 unspecified atom stereocenters. The van der Waals surface area contributed by atoms with E-state index < -0.39 is 35.8 Å². The number of carbonyl (C=O) groups is 2. The zero-order valence-electron chi connectivity index (χ0n) is 29.3. The molecule has 0 saturated carbocycles. The second-order valence-electron chi connectivity index (χ2n) is 14.0. The smallest absolute Gasteiger partial charge is 0.323 e. The highest BCUT2D eigenvalue weighted by Gasteiger charge is 2.34. The van der Waals surface area contributed by atoms with Crippen LogP contribution in [0.1, 0.15) is 73.1 Å². The molecule has 0 aliphatic carbocycles. The fourth-order valence-electron chi connectivity index (χ4n) is 6.79. The third kappa shape index (κ3) is 7.72. The number of hydrogen-bond donors (Lipinski definition) is 5. The van der Waals surface area contributed by atoms with Crippen LogP contribution in [0.4, 0.5) is 26.0 Å². The first-order valence-electron chi connectivity index (χ1n) is 17.4. The SMILES string of the molecule is CC(C)(N[C@@H]1CCCn2nc(C(=O)Nc3cccc(-c4cccc(Nc5nc(C(F)F)nc6cc(CN7CC[C@@H](O)C7)cnc56)c4Cl)c3Cl)cc21)C(=O)O. The Morgan fingerprint density at radius 3 is 2.43 bits per heavy atom. The van der Waals surface area contributed by atoms with Crippen LogP contribution in [-0.2, 0) is 17.9 Å². The van der Waals surface area contributed by atoms with Gasteiger partial charge in [-0.05, 0) is 62.9 Å². The molecule has 17 heteroatoms. The van der Waals surface area contributed by atoms with Gasteiger partial charge in [-0.3, -0.25) is 29.5 Å². The number of amides is 1. The fourth-order valence-corrected chi connectivity index (χ4v) is 7.34. The minimum Gasteiger partial charge on any atom is -0.480 e. The van der Waals surface area contributed by atoms with Gasteiger partial charge in [0, 0.05) is 43.5 Å². The number of alkyl halides is 2. The molecular formula is C37H37Cl2F2N9O4. The number of aliphatic hydroxyl groups excluding tert-OH is 1. The van der Waals surface area contributed by atoms with Crippen molar-refractivity contribution in [3.63, 3.8) is 0 Å². The monoisotopic (exact) mass is 779 g/mol. The van der Waals surface area contributed by atoms with Gasteiger partial charge in [0.2, 0.25) is 0 Å². The predicted molar refractivity (Wildman–Crippen MR) is 200 cm³/mol. The number of halogens is 4. The summed E-state index contributed by atoms with van der Waals surface area (Å²) in [7, 11) is 0. The molecular weight excluding hydrogens is 743 g/mol. The minimum atomic E-state index is -2.94. The summed E-state index contributed by atoms with van der Waals surface area (Å²) >= 11 is 13.8. The van der Waals surface area contributed by atoms with E-state index in [4.69, 9.17) is 23.2 Å². The number of carboxylic acids is 1. The summed E-state index contributed by atoms with van der Waals surface area (Å²) in [5.41, 5.74) is 2.56. The number of rotatable bonds is 11. The van der Waals surface area contributed by atoms with E-state index in [0.29, 0.717) is 67.2 Å². The van der Waals surface area contributed by atoms with Crippen molar-refractivity contribution < 1.29 is 28.6 Å². The van der Waals surface area contributed by atoms with Gasteiger partial charge in [0.05, 0.1) is 44.8 Å². The molecule has 5 N–H and O–H groups in total. The Hall–Kier alpha value is -4.80. The lowest BCUT2D eigenvalue weighted by atomic mass is 9.98. The van der Waals surface area contributed by atoms with E-state index in [1.54, 1.807) is 73.3 Å². The molecule has 3 aromatic heterocycles. The zero-order chi connectivity index (χ0) is 38.3. The molecule has 54 heavy (non-hydrogen) atoms. The number of aryl methyl sites for hydroxylation is 1. The highest BCUT2D eigenvalue weighted by atomic mass is 35.5. The number of carbonyl (C=O) groups excluding carboxylic acids is 1. The summed E-state index contributed by atoms with van der Waals surface area (Å²) in [5.74, 6) is -2.13. The largest absolute Gasteiger partial charge is 0.480 e. The van der Waals surface area contributed by atoms with Crippen molar-refractivity contribution in [1.29, 1.82) is 0 Å². The van der Waals surface area contributed by atoms with Gasteiger partial charge in [0.1, 0.15) is 11.1 Å². The van der Waals surface area contributed by atoms with Crippen molar-refractivity contribution in [2.45, 2.75) is 70.3 Å². The molecule has 5 aromatic rings. The molecule has 2 aliphatic rings. The summed E-state index contributed by atoms with van der Waals surface area (Å²) in [6.07, 6.45) is 0.408. The number of benzene rings is 2. The van der Waals surface area contributed by atoms with Crippen LogP contribution >= 0.6 is 23.2 Å². The van der Waals surface area contributed by atoms with Crippen LogP contribution < -0.4 is 16.0 Å². The van der Waals surface area contributed by atoms with Crippen molar-refractivity contribution in [2.24, 2.45) is 0 Å². The van der Waals surface area contributed by atoms with Gasteiger partial charge in [-0.1, -0.05) is 47.5 Å². The van der Waals surface area contributed by atoms with Crippen molar-refractivity contribution >= 4 is 63.3 Å². The van der Waals surface area contributed by atoms with Crippen LogP contribution in [0.25, 0.3) is 22.2 Å². The number of hydrogen-bond acceptors (Lipinski definition) is 10. The number of anilines is 3. The molecule has 1 amide bonds. The number of β-amino-alcohol motifs (C(OH)–C–C–N with tert-alkyl or cyclic N) is 1. The van der Waals surface area contributed by atoms with E-state index in [9.17, 15) is 28.6 Å². The first-order chi connectivity index (χ1) is 25.8. The Kier molecular flexibility index (Phi) is 10.5. The van der Waals surface area contributed by atoms with Crippen LogP contribution in [0.2, 0.25) is 10.0 Å². The molecule has 2 atom stereocenters. The Balaban J connectivity index is 1.14. The normalized spacial score (nSPS) is 17.6. The lowest BCUT2D eigenvalue weighted by Gasteiger charge is -2.31. The standard InChI is InChI=1S/C37H37Cl2F2N9O4/c1-37(2,36(53)54)47-23-10-5-12-50-28(23)15-27(48-50)35(52)45-25-9-4-7-22(30(25)39)21-6-3-8-24(29(21)38)43-33-31-26(44-34(46-33)32(40)41)14-19(16-42-31)17-49-13-11-20(51)18-49/h3-4,6-9,14-16,20,23,32,47,51H,5,10-13,17-18H2,1-2H3,(H,45,52)(H,53,54)(H,43,44,46)/t20-,23-/m1/s1. The second-order valence-corrected chi connectivity index (χ2v) is 14.7. The Bertz CT molecular complexity index is 2250. The first kappa shape index (κ1) is 37.5. The number of likely N-dealkylation sites (tertiary alicyclic amines) is 1. The van der Waals surface area contributed by atoms with Crippen LogP contribution in [0.3, 0.4) is 0 Å². The molecule has 2 aliphatic heterocycles. The van der Waals surface area contributed by atoms with E-state index in [-0.39, 0.29) is 38.6 Å². The van der Waals surface area contributed by atoms with Crippen LogP contribution in [0, 0.1) is 0 Å². The number of carboxylic acid groups (broad SMARTS) is 1. The summed E-state index contributed by atoms with van der Waals surface area (Å²) in [6.45, 7) is 5.48. The number of aromatic nitrogens is 5. The number of pyridine rings is 1. The average Bonchev–Trinajstić information content (AvgIpc) is 3.76. The highest BCUT2D eigenvalue weighted by Crippen LogP contribution is 2.41. The average molecular weight is 781 g/mol. The first-order valence-corrected chi connectivity index (χ1v) is 18.1. The van der Waals surface area contributed by atoms with E-state index in [2.05, 4.69) is 40.9 Å². The maximum atomic E-state index is 14.0. The van der Waals surface area contributed by atoms with Gasteiger partial charge < -0.3 is 20.8 Å². The van der Waals surface area contributed by atoms with E-state index in [0.717, 1.165) is 12.0 Å². The summed E-state index contributed by atoms with van der Waals surface area (Å²) < 4.78 is 29.7. The molecule has 7 rings (SSSR count). The van der Waals surface area contributed by atoms with E-state index >= 15 is 0 Å². The highest BCUT2D eigenvalue weighted by molar-refractivity contribution is 6.39. The summed E-state index contributed by atoms with van der Waals surface area (Å²) in [4.78, 5) is 39.9. The molecule has 0 spiro atoms. The maximum Gasteiger partial charge on any atom is 0.323 e. The summed E-state index contributed by atoms with van der Waals surface area (Å²) in [6, 6.07) is 13.2. The number of nitrogens with one attached hydrogen (secondary N) is 3. The molecule has 5 heterocycles. The molecule has 0 radical (unpaired) electrons. The molecule has 13 nitrogen and oxygen atoms in total. The Labute approximate surface area is 318 Å². The van der Waals surface area contributed by atoms with Crippen LogP contribution in [0.15, 0.2) is 54.7 Å². The van der Waals surface area contributed by atoms with Gasteiger partial charge >= 0.3 is 5.97 Å². The predicted octanol–water partition coefficient (Wildman–Crippen LogP) is 6.98. The third-order valence-electron chi connectivity index (χ3n) is 9.58.